The number of alkyl halides is 3. The Bertz CT molecular complexity index is 1370. The lowest BCUT2D eigenvalue weighted by atomic mass is 10.1. The van der Waals surface area contributed by atoms with Gasteiger partial charge in [-0.25, -0.2) is 14.8 Å². The van der Waals surface area contributed by atoms with Crippen LogP contribution in [0.1, 0.15) is 17.4 Å². The molecule has 1 atom stereocenters. The third kappa shape index (κ3) is 4.84. The third-order valence-electron chi connectivity index (χ3n) is 5.25. The molecule has 1 saturated heterocycles. The second-order valence-corrected chi connectivity index (χ2v) is 9.10. The number of aromatic nitrogens is 3. The molecule has 14 heteroatoms. The van der Waals surface area contributed by atoms with Gasteiger partial charge in [-0.05, 0) is 25.1 Å². The van der Waals surface area contributed by atoms with Crippen molar-refractivity contribution >= 4 is 32.8 Å². The number of ether oxygens (including phenoxy) is 2. The molecule has 1 fully saturated rings. The summed E-state index contributed by atoms with van der Waals surface area (Å²) in [5.74, 6) is -1.02. The minimum Gasteiger partial charge on any atom is -0.464 e. The maximum absolute atomic E-state index is 13.1. The van der Waals surface area contributed by atoms with Crippen molar-refractivity contribution in [3.63, 3.8) is 0 Å². The Balaban J connectivity index is 1.91. The van der Waals surface area contributed by atoms with Crippen LogP contribution in [0.3, 0.4) is 0 Å². The molecule has 0 aromatic carbocycles. The Morgan fingerprint density at radius 1 is 1.23 bits per heavy atom. The first kappa shape index (κ1) is 24.6. The molecule has 0 radical (unpaired) electrons. The molecule has 1 aliphatic rings. The number of fused-ring (bicyclic) bond motifs is 1. The molecule has 0 saturated carbocycles. The molecule has 186 valence electrons. The Morgan fingerprint density at radius 3 is 2.63 bits per heavy atom. The number of pyridine rings is 3. The molecular weight excluding hydrogens is 493 g/mol. The van der Waals surface area contributed by atoms with E-state index in [-0.39, 0.29) is 34.2 Å². The van der Waals surface area contributed by atoms with Crippen LogP contribution in [0, 0.1) is 0 Å². The summed E-state index contributed by atoms with van der Waals surface area (Å²) >= 11 is 0. The minimum atomic E-state index is -5.95. The van der Waals surface area contributed by atoms with Gasteiger partial charge in [0.25, 0.3) is 0 Å². The van der Waals surface area contributed by atoms with Gasteiger partial charge < -0.3 is 18.6 Å². The summed E-state index contributed by atoms with van der Waals surface area (Å²) in [4.78, 5) is 26.3. The first-order valence-corrected chi connectivity index (χ1v) is 11.6. The molecular formula is C21H19F3N4O6S. The third-order valence-corrected chi connectivity index (χ3v) is 6.22. The number of esters is 1. The highest BCUT2D eigenvalue weighted by Gasteiger charge is 2.49. The fraction of sp³-hybridized carbons (Fsp3) is 0.333. The van der Waals surface area contributed by atoms with Crippen LogP contribution in [-0.4, -0.2) is 67.8 Å². The van der Waals surface area contributed by atoms with Crippen molar-refractivity contribution in [2.75, 3.05) is 31.8 Å². The van der Waals surface area contributed by atoms with Crippen LogP contribution in [0.25, 0.3) is 22.2 Å². The molecule has 3 aromatic rings. The van der Waals surface area contributed by atoms with Crippen molar-refractivity contribution in [2.45, 2.75) is 18.5 Å². The summed E-state index contributed by atoms with van der Waals surface area (Å²) in [5, 5.41) is -0.00969. The molecule has 0 bridgehead atoms. The van der Waals surface area contributed by atoms with E-state index in [0.717, 1.165) is 6.07 Å². The van der Waals surface area contributed by atoms with Crippen LogP contribution >= 0.6 is 0 Å². The Hall–Kier alpha value is -3.52. The first-order valence-electron chi connectivity index (χ1n) is 10.2. The number of nitrogens with zero attached hydrogens (tertiary/aromatic N) is 4. The molecule has 4 rings (SSSR count). The molecule has 0 spiro atoms. The summed E-state index contributed by atoms with van der Waals surface area (Å²) in [5.41, 5.74) is -4.93. The van der Waals surface area contributed by atoms with Gasteiger partial charge in [-0.3, -0.25) is 4.98 Å². The van der Waals surface area contributed by atoms with E-state index in [1.54, 1.807) is 4.90 Å². The average Bonchev–Trinajstić information content (AvgIpc) is 2.82. The van der Waals surface area contributed by atoms with Crippen LogP contribution in [-0.2, 0) is 19.6 Å². The second-order valence-electron chi connectivity index (χ2n) is 7.56. The highest BCUT2D eigenvalue weighted by molar-refractivity contribution is 7.88. The Morgan fingerprint density at radius 2 is 2.00 bits per heavy atom. The van der Waals surface area contributed by atoms with Gasteiger partial charge in [-0.1, -0.05) is 0 Å². The number of halogens is 3. The maximum Gasteiger partial charge on any atom is 0.534 e. The van der Waals surface area contributed by atoms with E-state index in [9.17, 15) is 26.4 Å². The van der Waals surface area contributed by atoms with Crippen molar-refractivity contribution in [3.05, 3.63) is 42.4 Å². The number of morpholine rings is 1. The number of anilines is 1. The van der Waals surface area contributed by atoms with Crippen molar-refractivity contribution in [3.8, 4) is 17.0 Å². The molecule has 0 amide bonds. The zero-order valence-corrected chi connectivity index (χ0v) is 19.3. The van der Waals surface area contributed by atoms with Crippen molar-refractivity contribution in [1.82, 2.24) is 15.0 Å². The van der Waals surface area contributed by atoms with E-state index in [1.807, 2.05) is 6.92 Å². The highest BCUT2D eigenvalue weighted by Crippen LogP contribution is 2.37. The average molecular weight is 512 g/mol. The predicted octanol–water partition coefficient (Wildman–Crippen LogP) is 2.93. The van der Waals surface area contributed by atoms with Gasteiger partial charge in [0.2, 0.25) is 0 Å². The van der Waals surface area contributed by atoms with Gasteiger partial charge in [-0.2, -0.15) is 21.6 Å². The fourth-order valence-electron chi connectivity index (χ4n) is 3.53. The standard InChI is InChI=1S/C21H19F3N4O6S/c1-12-11-33-8-7-28(12)17-9-16(34-35(30,31)21(22,23)24)14-5-6-25-18(19(14)27-17)13-3-4-15(26-10-13)20(29)32-2/h3-6,9-10,12H,7-8,11H2,1-2H3/t12-/m1/s1. The van der Waals surface area contributed by atoms with Crippen LogP contribution in [0.5, 0.6) is 5.75 Å². The summed E-state index contributed by atoms with van der Waals surface area (Å²) in [6.07, 6.45) is 2.60. The summed E-state index contributed by atoms with van der Waals surface area (Å²) in [7, 11) is -4.75. The van der Waals surface area contributed by atoms with Crippen molar-refractivity contribution in [2.24, 2.45) is 0 Å². The van der Waals surface area contributed by atoms with E-state index in [4.69, 9.17) is 4.74 Å². The smallest absolute Gasteiger partial charge is 0.464 e. The molecule has 0 aliphatic carbocycles. The molecule has 10 nitrogen and oxygen atoms in total. The number of rotatable bonds is 5. The molecule has 0 unspecified atom stereocenters. The largest absolute Gasteiger partial charge is 0.534 e. The topological polar surface area (TPSA) is 121 Å². The predicted molar refractivity (Wildman–Crippen MR) is 117 cm³/mol. The second kappa shape index (κ2) is 9.26. The van der Waals surface area contributed by atoms with Gasteiger partial charge in [0.05, 0.1) is 32.1 Å². The monoisotopic (exact) mass is 512 g/mol. The number of methoxy groups -OCH3 is 1. The lowest BCUT2D eigenvalue weighted by Crippen LogP contribution is -2.44. The molecule has 35 heavy (non-hydrogen) atoms. The van der Waals surface area contributed by atoms with Crippen LogP contribution in [0.4, 0.5) is 19.0 Å². The van der Waals surface area contributed by atoms with Gasteiger partial charge in [0.15, 0.2) is 5.75 Å². The lowest BCUT2D eigenvalue weighted by molar-refractivity contribution is -0.0499. The lowest BCUT2D eigenvalue weighted by Gasteiger charge is -2.34. The van der Waals surface area contributed by atoms with Crippen LogP contribution in [0.2, 0.25) is 0 Å². The molecule has 0 N–H and O–H groups in total. The number of carbonyl (C=O) groups excluding carboxylic acids is 1. The number of carbonyl (C=O) groups is 1. The van der Waals surface area contributed by atoms with Crippen molar-refractivity contribution in [1.29, 1.82) is 0 Å². The number of hydrogen-bond acceptors (Lipinski definition) is 10. The van der Waals surface area contributed by atoms with Crippen molar-refractivity contribution < 1.29 is 40.0 Å². The molecule has 1 aliphatic heterocycles. The fourth-order valence-corrected chi connectivity index (χ4v) is 4.00. The van der Waals surface area contributed by atoms with Gasteiger partial charge in [-0.15, -0.1) is 0 Å². The Labute approximate surface area is 197 Å². The van der Waals surface area contributed by atoms with E-state index < -0.39 is 27.3 Å². The van der Waals surface area contributed by atoms with Gasteiger partial charge >= 0.3 is 21.6 Å². The Kier molecular flexibility index (Phi) is 6.51. The zero-order chi connectivity index (χ0) is 25.4. The number of hydrogen-bond donors (Lipinski definition) is 0. The minimum absolute atomic E-state index is 0.00969. The van der Waals surface area contributed by atoms with Gasteiger partial charge in [0.1, 0.15) is 17.0 Å². The summed E-state index contributed by atoms with van der Waals surface area (Å²) < 4.78 is 77.5. The van der Waals surface area contributed by atoms with E-state index >= 15 is 0 Å². The van der Waals surface area contributed by atoms with E-state index in [2.05, 4.69) is 23.9 Å². The molecule has 3 aromatic heterocycles. The van der Waals surface area contributed by atoms with E-state index in [1.165, 1.54) is 37.7 Å². The quantitative estimate of drug-likeness (QED) is 0.287. The summed E-state index contributed by atoms with van der Waals surface area (Å²) in [6, 6.07) is 5.16. The zero-order valence-electron chi connectivity index (χ0n) is 18.4. The van der Waals surface area contributed by atoms with Gasteiger partial charge in [0, 0.05) is 36.0 Å². The highest BCUT2D eigenvalue weighted by atomic mass is 32.2. The molecule has 4 heterocycles. The van der Waals surface area contributed by atoms with Crippen LogP contribution in [0.15, 0.2) is 36.7 Å². The summed E-state index contributed by atoms with van der Waals surface area (Å²) in [6.45, 7) is 2.89. The maximum atomic E-state index is 13.1. The normalized spacial score (nSPS) is 16.8. The first-order chi connectivity index (χ1) is 16.5. The van der Waals surface area contributed by atoms with E-state index in [0.29, 0.717) is 25.3 Å². The SMILES string of the molecule is COC(=O)c1ccc(-c2nccc3c(OS(=O)(=O)C(F)(F)F)cc(N4CCOC[C@H]4C)nc23)cn1. The van der Waals surface area contributed by atoms with Crippen LogP contribution < -0.4 is 9.08 Å².